The summed E-state index contributed by atoms with van der Waals surface area (Å²) in [5.74, 6) is -1.55. The van der Waals surface area contributed by atoms with E-state index in [1.54, 1.807) is 0 Å². The molecule has 18 heavy (non-hydrogen) atoms. The molecule has 0 fully saturated rings. The topological polar surface area (TPSA) is 69.6 Å². The highest BCUT2D eigenvalue weighted by atomic mass is 19.1. The third kappa shape index (κ3) is 2.57. The Morgan fingerprint density at radius 1 is 1.06 bits per heavy atom. The molecule has 0 saturated heterocycles. The third-order valence-corrected chi connectivity index (χ3v) is 2.31. The van der Waals surface area contributed by atoms with E-state index >= 15 is 0 Å². The summed E-state index contributed by atoms with van der Waals surface area (Å²) in [6.07, 6.45) is 0. The van der Waals surface area contributed by atoms with Crippen molar-refractivity contribution in [3.8, 4) is 11.5 Å². The molecule has 92 valence electrons. The molecule has 3 N–H and O–H groups in total. The molecule has 5 heteroatoms. The van der Waals surface area contributed by atoms with E-state index in [-0.39, 0.29) is 22.7 Å². The summed E-state index contributed by atoms with van der Waals surface area (Å²) in [5, 5.41) is 20.6. The summed E-state index contributed by atoms with van der Waals surface area (Å²) >= 11 is 0. The second kappa shape index (κ2) is 4.75. The van der Waals surface area contributed by atoms with Crippen LogP contribution in [0.3, 0.4) is 0 Å². The van der Waals surface area contributed by atoms with Crippen LogP contribution >= 0.6 is 0 Å². The monoisotopic (exact) mass is 247 g/mol. The van der Waals surface area contributed by atoms with E-state index in [0.29, 0.717) is 0 Å². The van der Waals surface area contributed by atoms with Crippen molar-refractivity contribution in [1.29, 1.82) is 0 Å². The maximum atomic E-state index is 13.4. The molecule has 0 aliphatic carbocycles. The number of hydrogen-bond acceptors (Lipinski definition) is 3. The summed E-state index contributed by atoms with van der Waals surface area (Å²) in [5.41, 5.74) is 0.170. The number of hydrogen-bond donors (Lipinski definition) is 3. The predicted molar refractivity (Wildman–Crippen MR) is 64.1 cm³/mol. The molecule has 0 saturated carbocycles. The summed E-state index contributed by atoms with van der Waals surface area (Å²) in [6, 6.07) is 9.13. The van der Waals surface area contributed by atoms with Crippen molar-refractivity contribution in [2.45, 2.75) is 0 Å². The van der Waals surface area contributed by atoms with E-state index in [4.69, 9.17) is 5.11 Å². The zero-order valence-corrected chi connectivity index (χ0v) is 9.22. The molecule has 0 spiro atoms. The first-order valence-electron chi connectivity index (χ1n) is 5.15. The van der Waals surface area contributed by atoms with Gasteiger partial charge in [0, 0.05) is 11.6 Å². The lowest BCUT2D eigenvalue weighted by atomic mass is 10.2. The quantitative estimate of drug-likeness (QED) is 0.714. The minimum atomic E-state index is -0.733. The van der Waals surface area contributed by atoms with Crippen molar-refractivity contribution in [2.24, 2.45) is 0 Å². The van der Waals surface area contributed by atoms with Gasteiger partial charge < -0.3 is 15.5 Å². The Hall–Kier alpha value is -2.56. The van der Waals surface area contributed by atoms with Crippen molar-refractivity contribution in [3.63, 3.8) is 0 Å². The highest BCUT2D eigenvalue weighted by Gasteiger charge is 2.10. The summed E-state index contributed by atoms with van der Waals surface area (Å²) in [7, 11) is 0. The number of amides is 1. The average molecular weight is 247 g/mol. The fourth-order valence-corrected chi connectivity index (χ4v) is 1.45. The van der Waals surface area contributed by atoms with Gasteiger partial charge in [0.1, 0.15) is 17.3 Å². The average Bonchev–Trinajstić information content (AvgIpc) is 2.32. The molecule has 1 amide bonds. The molecule has 0 heterocycles. The van der Waals surface area contributed by atoms with E-state index < -0.39 is 11.7 Å². The lowest BCUT2D eigenvalue weighted by Crippen LogP contribution is -2.12. The molecule has 0 aliphatic heterocycles. The van der Waals surface area contributed by atoms with Gasteiger partial charge in [0.15, 0.2) is 0 Å². The first-order chi connectivity index (χ1) is 8.56. The zero-order valence-electron chi connectivity index (χ0n) is 9.22. The number of carbonyl (C=O) groups is 1. The largest absolute Gasteiger partial charge is 0.508 e. The molecular formula is C13H10FNO3. The molecular weight excluding hydrogens is 237 g/mol. The van der Waals surface area contributed by atoms with Gasteiger partial charge in [-0.2, -0.15) is 0 Å². The highest BCUT2D eigenvalue weighted by molar-refractivity contribution is 6.04. The van der Waals surface area contributed by atoms with Gasteiger partial charge >= 0.3 is 0 Å². The normalized spacial score (nSPS) is 10.1. The van der Waals surface area contributed by atoms with Gasteiger partial charge in [-0.1, -0.05) is 6.07 Å². The van der Waals surface area contributed by atoms with Gasteiger partial charge in [-0.15, -0.1) is 0 Å². The Kier molecular flexibility index (Phi) is 3.14. The van der Waals surface area contributed by atoms with E-state index in [1.807, 2.05) is 0 Å². The van der Waals surface area contributed by atoms with E-state index in [9.17, 15) is 14.3 Å². The van der Waals surface area contributed by atoms with Gasteiger partial charge in [0.05, 0.1) is 5.69 Å². The second-order valence-electron chi connectivity index (χ2n) is 3.67. The maximum absolute atomic E-state index is 13.4. The first-order valence-corrected chi connectivity index (χ1v) is 5.15. The van der Waals surface area contributed by atoms with E-state index in [2.05, 4.69) is 5.32 Å². The molecule has 0 atom stereocenters. The van der Waals surface area contributed by atoms with Crippen LogP contribution < -0.4 is 5.32 Å². The van der Waals surface area contributed by atoms with Crippen molar-refractivity contribution >= 4 is 11.6 Å². The van der Waals surface area contributed by atoms with Crippen LogP contribution in [0.2, 0.25) is 0 Å². The van der Waals surface area contributed by atoms with E-state index in [1.165, 1.54) is 36.4 Å². The number of anilines is 1. The number of phenols is 2. The standard InChI is InChI=1S/C13H10FNO3/c14-11-7-10(17)4-5-12(11)15-13(18)8-2-1-3-9(16)6-8/h1-7,16-17H,(H,15,18). The Balaban J connectivity index is 2.21. The van der Waals surface area contributed by atoms with Crippen molar-refractivity contribution in [1.82, 2.24) is 0 Å². The second-order valence-corrected chi connectivity index (χ2v) is 3.67. The highest BCUT2D eigenvalue weighted by Crippen LogP contribution is 2.20. The van der Waals surface area contributed by atoms with Gasteiger partial charge in [0.25, 0.3) is 5.91 Å². The van der Waals surface area contributed by atoms with Crippen LogP contribution in [0.25, 0.3) is 0 Å². The molecule has 0 aromatic heterocycles. The molecule has 0 radical (unpaired) electrons. The van der Waals surface area contributed by atoms with Crippen LogP contribution in [-0.2, 0) is 0 Å². The molecule has 2 aromatic carbocycles. The Morgan fingerprint density at radius 3 is 2.44 bits per heavy atom. The Labute approximate surface area is 102 Å². The number of rotatable bonds is 2. The fourth-order valence-electron chi connectivity index (χ4n) is 1.45. The summed E-state index contributed by atoms with van der Waals surface area (Å²) < 4.78 is 13.4. The number of aromatic hydroxyl groups is 2. The predicted octanol–water partition coefficient (Wildman–Crippen LogP) is 2.49. The fraction of sp³-hybridized carbons (Fsp3) is 0. The number of benzene rings is 2. The number of nitrogens with one attached hydrogen (secondary N) is 1. The first kappa shape index (κ1) is 11.9. The third-order valence-electron chi connectivity index (χ3n) is 2.31. The van der Waals surface area contributed by atoms with Crippen molar-refractivity contribution in [2.75, 3.05) is 5.32 Å². The lowest BCUT2D eigenvalue weighted by molar-refractivity contribution is 0.102. The smallest absolute Gasteiger partial charge is 0.255 e. The molecule has 2 rings (SSSR count). The van der Waals surface area contributed by atoms with E-state index in [0.717, 1.165) is 6.07 Å². The van der Waals surface area contributed by atoms with Crippen LogP contribution in [0.15, 0.2) is 42.5 Å². The molecule has 0 aliphatic rings. The number of phenolic OH excluding ortho intramolecular Hbond substituents is 2. The minimum Gasteiger partial charge on any atom is -0.508 e. The van der Waals surface area contributed by atoms with Crippen molar-refractivity contribution in [3.05, 3.63) is 53.8 Å². The molecule has 0 unspecified atom stereocenters. The molecule has 0 bridgehead atoms. The van der Waals surface area contributed by atoms with Crippen LogP contribution in [0.4, 0.5) is 10.1 Å². The lowest BCUT2D eigenvalue weighted by Gasteiger charge is -2.06. The summed E-state index contributed by atoms with van der Waals surface area (Å²) in [6.45, 7) is 0. The Morgan fingerprint density at radius 2 is 1.78 bits per heavy atom. The Bertz CT molecular complexity index is 599. The number of halogens is 1. The maximum Gasteiger partial charge on any atom is 0.255 e. The summed E-state index contributed by atoms with van der Waals surface area (Å²) in [4.78, 5) is 11.8. The van der Waals surface area contributed by atoms with Crippen LogP contribution in [0, 0.1) is 5.82 Å². The van der Waals surface area contributed by atoms with Gasteiger partial charge in [-0.05, 0) is 30.3 Å². The van der Waals surface area contributed by atoms with Crippen molar-refractivity contribution < 1.29 is 19.4 Å². The van der Waals surface area contributed by atoms with Crippen LogP contribution in [0.1, 0.15) is 10.4 Å². The number of carbonyl (C=O) groups excluding carboxylic acids is 1. The minimum absolute atomic E-state index is 0.0406. The SMILES string of the molecule is O=C(Nc1ccc(O)cc1F)c1cccc(O)c1. The zero-order chi connectivity index (χ0) is 13.1. The van der Waals surface area contributed by atoms with Crippen LogP contribution in [0.5, 0.6) is 11.5 Å². The molecule has 4 nitrogen and oxygen atoms in total. The van der Waals surface area contributed by atoms with Gasteiger partial charge in [-0.25, -0.2) is 4.39 Å². The van der Waals surface area contributed by atoms with Gasteiger partial charge in [-0.3, -0.25) is 4.79 Å². The van der Waals surface area contributed by atoms with Crippen LogP contribution in [-0.4, -0.2) is 16.1 Å². The molecule has 2 aromatic rings. The van der Waals surface area contributed by atoms with Gasteiger partial charge in [0.2, 0.25) is 0 Å².